The first-order valence-electron chi connectivity index (χ1n) is 7.39. The van der Waals surface area contributed by atoms with Gasteiger partial charge in [0.15, 0.2) is 0 Å². The Balaban J connectivity index is 1.80. The number of nitrogens with zero attached hydrogens (tertiary/aromatic N) is 1. The Morgan fingerprint density at radius 3 is 2.71 bits per heavy atom. The monoisotopic (exact) mass is 283 g/mol. The lowest BCUT2D eigenvalue weighted by Gasteiger charge is -2.24. The van der Waals surface area contributed by atoms with Crippen molar-refractivity contribution in [1.29, 1.82) is 0 Å². The third-order valence-corrected chi connectivity index (χ3v) is 4.94. The number of amides is 2. The number of hydrogen-bond donors (Lipinski definition) is 0. The number of para-hydroxylation sites is 1. The third kappa shape index (κ3) is 1.48. The van der Waals surface area contributed by atoms with Gasteiger partial charge in [0.25, 0.3) is 0 Å². The molecule has 0 unspecified atom stereocenters. The zero-order valence-corrected chi connectivity index (χ0v) is 12.1. The van der Waals surface area contributed by atoms with E-state index in [0.29, 0.717) is 0 Å². The number of benzene rings is 1. The topological polar surface area (TPSA) is 46.6 Å². The molecular weight excluding hydrogens is 266 g/mol. The highest BCUT2D eigenvalue weighted by Gasteiger charge is 2.66. The number of rotatable bonds is 2. The molecule has 4 atom stereocenters. The Kier molecular flexibility index (Phi) is 2.46. The first-order valence-corrected chi connectivity index (χ1v) is 7.39. The second-order valence-corrected chi connectivity index (χ2v) is 6.12. The average molecular weight is 283 g/mol. The number of fused-ring (bicyclic) bond motifs is 5. The van der Waals surface area contributed by atoms with Gasteiger partial charge in [-0.15, -0.1) is 0 Å². The molecule has 0 radical (unpaired) electrons. The summed E-state index contributed by atoms with van der Waals surface area (Å²) in [5.74, 6) is -0.994. The van der Waals surface area contributed by atoms with Gasteiger partial charge >= 0.3 is 0 Å². The van der Waals surface area contributed by atoms with Crippen molar-refractivity contribution in [3.8, 4) is 0 Å². The van der Waals surface area contributed by atoms with Crippen molar-refractivity contribution >= 4 is 17.5 Å². The molecule has 0 N–H and O–H groups in total. The summed E-state index contributed by atoms with van der Waals surface area (Å²) in [5, 5.41) is 0. The van der Waals surface area contributed by atoms with Crippen LogP contribution >= 0.6 is 0 Å². The number of hydrogen-bond acceptors (Lipinski definition) is 3. The van der Waals surface area contributed by atoms with E-state index in [4.69, 9.17) is 4.74 Å². The standard InChI is InChI=1S/C17H17NO3/c1-3-10-6-4-5-7-11(10)18-15(19)13-12-8-9-17(2,21-12)14(13)16(18)20/h4-9,12-14H,3H2,1-2H3/t12-,13+,14-,17-/m1/s1. The largest absolute Gasteiger partial charge is 0.362 e. The minimum atomic E-state index is -0.627. The fourth-order valence-electron chi connectivity index (χ4n) is 3.92. The number of carbonyl (C=O) groups excluding carboxylic acids is 2. The van der Waals surface area contributed by atoms with E-state index < -0.39 is 5.60 Å². The van der Waals surface area contributed by atoms with Gasteiger partial charge in [0.2, 0.25) is 11.8 Å². The maximum Gasteiger partial charge on any atom is 0.241 e. The number of aryl methyl sites for hydroxylation is 1. The number of anilines is 1. The van der Waals surface area contributed by atoms with Gasteiger partial charge in [-0.2, -0.15) is 0 Å². The molecule has 0 spiro atoms. The molecule has 1 aromatic carbocycles. The van der Waals surface area contributed by atoms with Crippen molar-refractivity contribution in [2.24, 2.45) is 11.8 Å². The lowest BCUT2D eigenvalue weighted by atomic mass is 9.78. The highest BCUT2D eigenvalue weighted by molar-refractivity contribution is 6.23. The van der Waals surface area contributed by atoms with Gasteiger partial charge in [-0.1, -0.05) is 37.3 Å². The van der Waals surface area contributed by atoms with E-state index in [9.17, 15) is 9.59 Å². The minimum Gasteiger partial charge on any atom is -0.362 e. The van der Waals surface area contributed by atoms with Crippen LogP contribution in [0.5, 0.6) is 0 Å². The maximum absolute atomic E-state index is 12.9. The molecule has 4 rings (SSSR count). The summed E-state index contributed by atoms with van der Waals surface area (Å²) in [4.78, 5) is 27.0. The van der Waals surface area contributed by atoms with Gasteiger partial charge in [0, 0.05) is 0 Å². The SMILES string of the molecule is CCc1ccccc1N1C(=O)[C@H]2[C@H]3C=C[C@@](C)(O3)[C@H]2C1=O. The summed E-state index contributed by atoms with van der Waals surface area (Å²) >= 11 is 0. The summed E-state index contributed by atoms with van der Waals surface area (Å²) in [6, 6.07) is 7.63. The second kappa shape index (κ2) is 4.04. The summed E-state index contributed by atoms with van der Waals surface area (Å²) in [5.41, 5.74) is 1.12. The molecule has 3 aliphatic rings. The molecule has 3 heterocycles. The van der Waals surface area contributed by atoms with Crippen LogP contribution in [0.15, 0.2) is 36.4 Å². The molecule has 0 aliphatic carbocycles. The molecule has 2 amide bonds. The van der Waals surface area contributed by atoms with Crippen molar-refractivity contribution in [2.45, 2.75) is 32.0 Å². The lowest BCUT2D eigenvalue weighted by Crippen LogP contribution is -2.39. The lowest BCUT2D eigenvalue weighted by molar-refractivity contribution is -0.126. The molecule has 108 valence electrons. The number of imide groups is 1. The normalized spacial score (nSPS) is 36.7. The molecular formula is C17H17NO3. The van der Waals surface area contributed by atoms with E-state index in [1.165, 1.54) is 4.90 Å². The van der Waals surface area contributed by atoms with Crippen LogP contribution in [0.1, 0.15) is 19.4 Å². The maximum atomic E-state index is 12.9. The Bertz CT molecular complexity index is 680. The quantitative estimate of drug-likeness (QED) is 0.616. The van der Waals surface area contributed by atoms with Crippen molar-refractivity contribution in [1.82, 2.24) is 0 Å². The van der Waals surface area contributed by atoms with E-state index in [1.54, 1.807) is 0 Å². The van der Waals surface area contributed by atoms with Crippen molar-refractivity contribution in [3.63, 3.8) is 0 Å². The number of ether oxygens (including phenoxy) is 1. The van der Waals surface area contributed by atoms with Crippen LogP contribution < -0.4 is 4.90 Å². The average Bonchev–Trinajstić information content (AvgIpc) is 3.08. The Morgan fingerprint density at radius 1 is 1.24 bits per heavy atom. The van der Waals surface area contributed by atoms with Crippen LogP contribution in [0.25, 0.3) is 0 Å². The Labute approximate surface area is 123 Å². The van der Waals surface area contributed by atoms with E-state index in [0.717, 1.165) is 17.7 Å². The van der Waals surface area contributed by atoms with Crippen LogP contribution in [0, 0.1) is 11.8 Å². The fraction of sp³-hybridized carbons (Fsp3) is 0.412. The minimum absolute atomic E-state index is 0.121. The van der Waals surface area contributed by atoms with Gasteiger partial charge in [-0.05, 0) is 25.0 Å². The van der Waals surface area contributed by atoms with Crippen LogP contribution in [-0.2, 0) is 20.7 Å². The van der Waals surface area contributed by atoms with Gasteiger partial charge in [0.05, 0.1) is 29.2 Å². The molecule has 4 nitrogen and oxygen atoms in total. The predicted octanol–water partition coefficient (Wildman–Crippen LogP) is 2.08. The first-order chi connectivity index (χ1) is 10.1. The van der Waals surface area contributed by atoms with Crippen molar-refractivity contribution < 1.29 is 14.3 Å². The van der Waals surface area contributed by atoms with Gasteiger partial charge in [-0.3, -0.25) is 9.59 Å². The van der Waals surface area contributed by atoms with E-state index in [-0.39, 0.29) is 29.8 Å². The van der Waals surface area contributed by atoms with Gasteiger partial charge in [0.1, 0.15) is 0 Å². The smallest absolute Gasteiger partial charge is 0.241 e. The van der Waals surface area contributed by atoms with E-state index in [2.05, 4.69) is 0 Å². The number of carbonyl (C=O) groups is 2. The van der Waals surface area contributed by atoms with Crippen LogP contribution in [0.2, 0.25) is 0 Å². The molecule has 2 fully saturated rings. The third-order valence-electron chi connectivity index (χ3n) is 4.94. The van der Waals surface area contributed by atoms with Crippen molar-refractivity contribution in [3.05, 3.63) is 42.0 Å². The molecule has 2 bridgehead atoms. The van der Waals surface area contributed by atoms with E-state index in [1.807, 2.05) is 50.3 Å². The Morgan fingerprint density at radius 2 is 2.00 bits per heavy atom. The van der Waals surface area contributed by atoms with E-state index >= 15 is 0 Å². The van der Waals surface area contributed by atoms with Crippen LogP contribution in [0.4, 0.5) is 5.69 Å². The molecule has 2 saturated heterocycles. The first kappa shape index (κ1) is 12.8. The van der Waals surface area contributed by atoms with Gasteiger partial charge in [-0.25, -0.2) is 4.90 Å². The van der Waals surface area contributed by atoms with Crippen LogP contribution in [0.3, 0.4) is 0 Å². The summed E-state index contributed by atoms with van der Waals surface area (Å²) < 4.78 is 5.83. The van der Waals surface area contributed by atoms with Crippen molar-refractivity contribution in [2.75, 3.05) is 4.90 Å². The summed E-state index contributed by atoms with van der Waals surface area (Å²) in [7, 11) is 0. The molecule has 21 heavy (non-hydrogen) atoms. The fourth-order valence-corrected chi connectivity index (χ4v) is 3.92. The summed E-state index contributed by atoms with van der Waals surface area (Å²) in [6.07, 6.45) is 4.38. The predicted molar refractivity (Wildman–Crippen MR) is 77.7 cm³/mol. The highest BCUT2D eigenvalue weighted by Crippen LogP contribution is 2.52. The zero-order valence-electron chi connectivity index (χ0n) is 12.1. The highest BCUT2D eigenvalue weighted by atomic mass is 16.5. The Hall–Kier alpha value is -1.94. The van der Waals surface area contributed by atoms with Gasteiger partial charge < -0.3 is 4.74 Å². The molecule has 3 aliphatic heterocycles. The molecule has 0 saturated carbocycles. The second-order valence-electron chi connectivity index (χ2n) is 6.12. The molecule has 1 aromatic rings. The zero-order chi connectivity index (χ0) is 14.8. The molecule has 0 aromatic heterocycles. The van der Waals surface area contributed by atoms with Crippen LogP contribution in [-0.4, -0.2) is 23.5 Å². The molecule has 4 heteroatoms. The summed E-state index contributed by atoms with van der Waals surface area (Å²) in [6.45, 7) is 3.93.